The Morgan fingerprint density at radius 1 is 1.35 bits per heavy atom. The molecule has 0 saturated carbocycles. The fourth-order valence-corrected chi connectivity index (χ4v) is 2.75. The molecule has 4 nitrogen and oxygen atoms in total. The van der Waals surface area contributed by atoms with Crippen molar-refractivity contribution in [2.24, 2.45) is 0 Å². The smallest absolute Gasteiger partial charge is 0.295 e. The van der Waals surface area contributed by atoms with E-state index in [4.69, 9.17) is 0 Å². The van der Waals surface area contributed by atoms with Crippen LogP contribution in [0.1, 0.15) is 22.2 Å². The monoisotopic (exact) mass is 294 g/mol. The highest BCUT2D eigenvalue weighted by Crippen LogP contribution is 2.28. The molecule has 0 aliphatic rings. The number of benzene rings is 1. The van der Waals surface area contributed by atoms with Crippen molar-refractivity contribution in [3.05, 3.63) is 55.5 Å². The quantitative estimate of drug-likeness (QED) is 0.661. The van der Waals surface area contributed by atoms with Crippen LogP contribution in [0.25, 0.3) is 0 Å². The zero-order valence-electron chi connectivity index (χ0n) is 11.3. The van der Waals surface area contributed by atoms with Crippen molar-refractivity contribution < 1.29 is 9.31 Å². The molecule has 2 rings (SSSR count). The lowest BCUT2D eigenvalue weighted by atomic mass is 10.2. The number of rotatable bonds is 5. The highest BCUT2D eigenvalue weighted by atomic mass is 32.1. The van der Waals surface area contributed by atoms with Gasteiger partial charge in [-0.3, -0.25) is 10.1 Å². The van der Waals surface area contributed by atoms with Crippen molar-refractivity contribution in [1.29, 1.82) is 0 Å². The van der Waals surface area contributed by atoms with Crippen LogP contribution in [-0.2, 0) is 13.0 Å². The van der Waals surface area contributed by atoms with Gasteiger partial charge in [0.2, 0.25) is 0 Å². The standard InChI is InChI=1S/C14H15FN2O2S/c1-3-10-4-5-11(20-10)8-16-13-6-9(2)12(15)7-14(13)17(18)19/h4-7,16H,3,8H2,1-2H3. The van der Waals surface area contributed by atoms with Gasteiger partial charge in [-0.05, 0) is 37.1 Å². The molecule has 2 aromatic rings. The molecule has 0 aliphatic heterocycles. The van der Waals surface area contributed by atoms with E-state index >= 15 is 0 Å². The van der Waals surface area contributed by atoms with Crippen LogP contribution in [-0.4, -0.2) is 4.92 Å². The first kappa shape index (κ1) is 14.5. The first-order chi connectivity index (χ1) is 9.51. The SMILES string of the molecule is CCc1ccc(CNc2cc(C)c(F)cc2[N+](=O)[O-])s1. The summed E-state index contributed by atoms with van der Waals surface area (Å²) in [4.78, 5) is 12.7. The summed E-state index contributed by atoms with van der Waals surface area (Å²) < 4.78 is 13.4. The van der Waals surface area contributed by atoms with Crippen LogP contribution in [0.4, 0.5) is 15.8 Å². The Morgan fingerprint density at radius 2 is 2.05 bits per heavy atom. The Bertz CT molecular complexity index is 640. The van der Waals surface area contributed by atoms with Gasteiger partial charge in [-0.2, -0.15) is 0 Å². The Hall–Kier alpha value is -1.95. The highest BCUT2D eigenvalue weighted by molar-refractivity contribution is 7.12. The lowest BCUT2D eigenvalue weighted by molar-refractivity contribution is -0.384. The van der Waals surface area contributed by atoms with E-state index in [1.807, 2.05) is 12.1 Å². The zero-order chi connectivity index (χ0) is 14.7. The van der Waals surface area contributed by atoms with Crippen molar-refractivity contribution in [3.63, 3.8) is 0 Å². The number of aryl methyl sites for hydroxylation is 2. The maximum atomic E-state index is 13.4. The lowest BCUT2D eigenvalue weighted by Crippen LogP contribution is -2.03. The maximum absolute atomic E-state index is 13.4. The fourth-order valence-electron chi connectivity index (χ4n) is 1.85. The Morgan fingerprint density at radius 3 is 2.65 bits per heavy atom. The van der Waals surface area contributed by atoms with Crippen LogP contribution in [0.15, 0.2) is 24.3 Å². The van der Waals surface area contributed by atoms with Crippen molar-refractivity contribution >= 4 is 22.7 Å². The average molecular weight is 294 g/mol. The summed E-state index contributed by atoms with van der Waals surface area (Å²) in [6.07, 6.45) is 0.973. The molecule has 1 aromatic heterocycles. The molecule has 6 heteroatoms. The summed E-state index contributed by atoms with van der Waals surface area (Å²) in [6, 6.07) is 6.48. The normalized spacial score (nSPS) is 10.6. The second-order valence-corrected chi connectivity index (χ2v) is 5.70. The second-order valence-electron chi connectivity index (χ2n) is 4.45. The third-order valence-corrected chi connectivity index (χ3v) is 4.22. The molecule has 0 atom stereocenters. The van der Waals surface area contributed by atoms with Crippen LogP contribution < -0.4 is 5.32 Å². The molecule has 106 valence electrons. The van der Waals surface area contributed by atoms with E-state index < -0.39 is 10.7 Å². The first-order valence-electron chi connectivity index (χ1n) is 6.27. The van der Waals surface area contributed by atoms with Gasteiger partial charge in [-0.25, -0.2) is 4.39 Å². The minimum atomic E-state index is -0.573. The molecule has 0 saturated heterocycles. The summed E-state index contributed by atoms with van der Waals surface area (Å²) in [5, 5.41) is 14.0. The Labute approximate surface area is 120 Å². The van der Waals surface area contributed by atoms with E-state index in [1.54, 1.807) is 18.3 Å². The van der Waals surface area contributed by atoms with E-state index in [0.29, 0.717) is 17.8 Å². The van der Waals surface area contributed by atoms with Gasteiger partial charge in [0.1, 0.15) is 11.5 Å². The topological polar surface area (TPSA) is 55.2 Å². The third-order valence-electron chi connectivity index (χ3n) is 2.99. The first-order valence-corrected chi connectivity index (χ1v) is 7.09. The Balaban J connectivity index is 2.20. The summed E-state index contributed by atoms with van der Waals surface area (Å²) in [7, 11) is 0. The number of thiophene rings is 1. The summed E-state index contributed by atoms with van der Waals surface area (Å²) in [5.41, 5.74) is 0.499. The second kappa shape index (κ2) is 6.00. The van der Waals surface area contributed by atoms with Gasteiger partial charge in [0.15, 0.2) is 0 Å². The number of nitrogens with zero attached hydrogens (tertiary/aromatic N) is 1. The molecule has 0 amide bonds. The van der Waals surface area contributed by atoms with Crippen LogP contribution in [0.3, 0.4) is 0 Å². The molecule has 0 radical (unpaired) electrons. The molecule has 20 heavy (non-hydrogen) atoms. The van der Waals surface area contributed by atoms with E-state index in [9.17, 15) is 14.5 Å². The fraction of sp³-hybridized carbons (Fsp3) is 0.286. The van der Waals surface area contributed by atoms with Crippen LogP contribution in [0.5, 0.6) is 0 Å². The van der Waals surface area contributed by atoms with E-state index in [2.05, 4.69) is 12.2 Å². The number of anilines is 1. The molecule has 0 fully saturated rings. The van der Waals surface area contributed by atoms with Crippen molar-refractivity contribution in [2.45, 2.75) is 26.8 Å². The number of nitro groups is 1. The molecular weight excluding hydrogens is 279 g/mol. The van der Waals surface area contributed by atoms with Crippen molar-refractivity contribution in [3.8, 4) is 0 Å². The molecule has 1 N–H and O–H groups in total. The number of nitrogens with one attached hydrogen (secondary N) is 1. The van der Waals surface area contributed by atoms with Gasteiger partial charge >= 0.3 is 0 Å². The average Bonchev–Trinajstić information content (AvgIpc) is 2.87. The van der Waals surface area contributed by atoms with E-state index in [-0.39, 0.29) is 5.69 Å². The number of hydrogen-bond donors (Lipinski definition) is 1. The third kappa shape index (κ3) is 3.14. The van der Waals surface area contributed by atoms with Gasteiger partial charge in [0.25, 0.3) is 5.69 Å². The van der Waals surface area contributed by atoms with Gasteiger partial charge < -0.3 is 5.32 Å². The summed E-state index contributed by atoms with van der Waals surface area (Å²) in [5.74, 6) is -0.563. The lowest BCUT2D eigenvalue weighted by Gasteiger charge is -2.07. The van der Waals surface area contributed by atoms with Gasteiger partial charge in [-0.15, -0.1) is 11.3 Å². The number of nitro benzene ring substituents is 1. The van der Waals surface area contributed by atoms with Gasteiger partial charge in [0, 0.05) is 16.3 Å². The highest BCUT2D eigenvalue weighted by Gasteiger charge is 2.16. The van der Waals surface area contributed by atoms with E-state index in [1.165, 1.54) is 10.9 Å². The van der Waals surface area contributed by atoms with Crippen molar-refractivity contribution in [1.82, 2.24) is 0 Å². The van der Waals surface area contributed by atoms with Gasteiger partial charge in [-0.1, -0.05) is 6.92 Å². The number of halogens is 1. The Kier molecular flexibility index (Phi) is 4.34. The predicted molar refractivity (Wildman–Crippen MR) is 78.8 cm³/mol. The minimum absolute atomic E-state index is 0.236. The van der Waals surface area contributed by atoms with Crippen LogP contribution in [0, 0.1) is 22.9 Å². The molecule has 0 unspecified atom stereocenters. The largest absolute Gasteiger partial charge is 0.375 e. The molecule has 0 spiro atoms. The predicted octanol–water partition coefficient (Wildman–Crippen LogP) is 4.28. The molecular formula is C14H15FN2O2S. The van der Waals surface area contributed by atoms with Gasteiger partial charge in [0.05, 0.1) is 11.0 Å². The molecule has 1 aromatic carbocycles. The van der Waals surface area contributed by atoms with E-state index in [0.717, 1.165) is 17.4 Å². The molecule has 1 heterocycles. The summed E-state index contributed by atoms with van der Waals surface area (Å²) >= 11 is 1.67. The van der Waals surface area contributed by atoms with Crippen LogP contribution in [0.2, 0.25) is 0 Å². The summed E-state index contributed by atoms with van der Waals surface area (Å²) in [6.45, 7) is 4.17. The maximum Gasteiger partial charge on any atom is 0.295 e. The van der Waals surface area contributed by atoms with Crippen LogP contribution >= 0.6 is 11.3 Å². The number of hydrogen-bond acceptors (Lipinski definition) is 4. The molecule has 0 aliphatic carbocycles. The van der Waals surface area contributed by atoms with Crippen molar-refractivity contribution in [2.75, 3.05) is 5.32 Å². The zero-order valence-corrected chi connectivity index (χ0v) is 12.1. The minimum Gasteiger partial charge on any atom is -0.375 e. The molecule has 0 bridgehead atoms.